The van der Waals surface area contributed by atoms with Gasteiger partial charge in [0.25, 0.3) is 11.8 Å². The lowest BCUT2D eigenvalue weighted by atomic mass is 10.1. The number of carbonyl (C=O) groups is 2. The highest BCUT2D eigenvalue weighted by Crippen LogP contribution is 2.20. The van der Waals surface area contributed by atoms with E-state index in [1.807, 2.05) is 70.2 Å². The van der Waals surface area contributed by atoms with E-state index in [4.69, 9.17) is 4.74 Å². The minimum Gasteiger partial charge on any atom is -0.484 e. The van der Waals surface area contributed by atoms with E-state index in [0.717, 1.165) is 27.9 Å². The predicted octanol–water partition coefficient (Wildman–Crippen LogP) is 5.48. The first-order valence-corrected chi connectivity index (χ1v) is 10.9. The minimum atomic E-state index is -0.474. The number of hydrogen-bond donors (Lipinski definition) is 2. The summed E-state index contributed by atoms with van der Waals surface area (Å²) in [6.07, 6.45) is 1.51. The molecule has 0 aromatic heterocycles. The topological polar surface area (TPSA) is 91.2 Å². The summed E-state index contributed by atoms with van der Waals surface area (Å²) in [4.78, 5) is 24.8. The van der Waals surface area contributed by atoms with Gasteiger partial charge in [-0.3, -0.25) is 9.59 Å². The first kappa shape index (κ1) is 24.3. The highest BCUT2D eigenvalue weighted by molar-refractivity contribution is 6.10. The van der Waals surface area contributed by atoms with Crippen molar-refractivity contribution in [1.29, 1.82) is 5.26 Å². The third kappa shape index (κ3) is 6.33. The van der Waals surface area contributed by atoms with Crippen LogP contribution < -0.4 is 15.4 Å². The van der Waals surface area contributed by atoms with Crippen LogP contribution in [0.25, 0.3) is 6.08 Å². The molecule has 0 unspecified atom stereocenters. The molecule has 3 aromatic rings. The Labute approximate surface area is 199 Å². The first-order chi connectivity index (χ1) is 16.3. The van der Waals surface area contributed by atoms with E-state index >= 15 is 0 Å². The summed E-state index contributed by atoms with van der Waals surface area (Å²) in [5.74, 6) is -0.225. The van der Waals surface area contributed by atoms with Crippen molar-refractivity contribution in [2.45, 2.75) is 27.7 Å². The van der Waals surface area contributed by atoms with Gasteiger partial charge in [0, 0.05) is 11.4 Å². The molecule has 2 amide bonds. The summed E-state index contributed by atoms with van der Waals surface area (Å²) < 4.78 is 5.57. The Balaban J connectivity index is 1.60. The molecule has 0 aliphatic carbocycles. The van der Waals surface area contributed by atoms with Crippen LogP contribution >= 0.6 is 0 Å². The second-order valence-corrected chi connectivity index (χ2v) is 8.10. The van der Waals surface area contributed by atoms with E-state index in [1.165, 1.54) is 6.08 Å². The minimum absolute atomic E-state index is 0.0125. The van der Waals surface area contributed by atoms with Crippen molar-refractivity contribution >= 4 is 29.3 Å². The summed E-state index contributed by atoms with van der Waals surface area (Å²) in [5, 5.41) is 15.1. The van der Waals surface area contributed by atoms with E-state index in [2.05, 4.69) is 10.6 Å². The van der Waals surface area contributed by atoms with Crippen molar-refractivity contribution in [2.75, 3.05) is 17.2 Å². The van der Waals surface area contributed by atoms with Gasteiger partial charge >= 0.3 is 0 Å². The number of ether oxygens (including phenoxy) is 1. The van der Waals surface area contributed by atoms with Crippen molar-refractivity contribution in [3.63, 3.8) is 0 Å². The van der Waals surface area contributed by atoms with Crippen molar-refractivity contribution in [1.82, 2.24) is 0 Å². The number of anilines is 2. The van der Waals surface area contributed by atoms with Gasteiger partial charge < -0.3 is 15.4 Å². The quantitative estimate of drug-likeness (QED) is 0.366. The fourth-order valence-corrected chi connectivity index (χ4v) is 3.34. The molecular formula is C28H27N3O3. The van der Waals surface area contributed by atoms with Crippen LogP contribution in [0.4, 0.5) is 11.4 Å². The second-order valence-electron chi connectivity index (χ2n) is 8.10. The van der Waals surface area contributed by atoms with Gasteiger partial charge in [-0.15, -0.1) is 0 Å². The number of amides is 2. The summed E-state index contributed by atoms with van der Waals surface area (Å²) in [6, 6.07) is 20.2. The Morgan fingerprint density at radius 2 is 1.65 bits per heavy atom. The third-order valence-corrected chi connectivity index (χ3v) is 5.43. The number of carbonyl (C=O) groups excluding carboxylic acids is 2. The largest absolute Gasteiger partial charge is 0.484 e. The zero-order valence-electron chi connectivity index (χ0n) is 19.7. The number of nitrogens with zero attached hydrogens (tertiary/aromatic N) is 1. The maximum absolute atomic E-state index is 12.6. The molecule has 0 radical (unpaired) electrons. The van der Waals surface area contributed by atoms with Gasteiger partial charge in [0.2, 0.25) is 0 Å². The number of nitrogens with one attached hydrogen (secondary N) is 2. The van der Waals surface area contributed by atoms with Gasteiger partial charge in [-0.25, -0.2) is 0 Å². The smallest absolute Gasteiger partial charge is 0.266 e. The monoisotopic (exact) mass is 453 g/mol. The van der Waals surface area contributed by atoms with Crippen LogP contribution in [0.1, 0.15) is 27.8 Å². The molecule has 172 valence electrons. The Bertz CT molecular complexity index is 1290. The van der Waals surface area contributed by atoms with Crippen molar-refractivity contribution in [3.8, 4) is 11.8 Å². The molecule has 0 aliphatic heterocycles. The van der Waals surface area contributed by atoms with Crippen LogP contribution in [0, 0.1) is 39.0 Å². The Hall–Kier alpha value is -4.37. The van der Waals surface area contributed by atoms with Crippen molar-refractivity contribution in [2.24, 2.45) is 0 Å². The molecule has 34 heavy (non-hydrogen) atoms. The Morgan fingerprint density at radius 1 is 0.912 bits per heavy atom. The highest BCUT2D eigenvalue weighted by Gasteiger charge is 2.11. The van der Waals surface area contributed by atoms with E-state index in [1.54, 1.807) is 24.3 Å². The van der Waals surface area contributed by atoms with Crippen molar-refractivity contribution < 1.29 is 14.3 Å². The number of hydrogen-bond acceptors (Lipinski definition) is 4. The summed E-state index contributed by atoms with van der Waals surface area (Å²) >= 11 is 0. The van der Waals surface area contributed by atoms with E-state index < -0.39 is 5.91 Å². The standard InChI is InChI=1S/C28H27N3O3/c1-18-8-13-25(20(3)14-18)31-28(33)23(16-29)15-22-9-11-24(12-10-22)34-17-27(32)30-26-7-5-6-19(2)21(26)4/h5-15H,17H2,1-4H3,(H,30,32)(H,31,33)/b23-15+. The molecule has 0 saturated carbocycles. The SMILES string of the molecule is Cc1ccc(NC(=O)/C(C#N)=C/c2ccc(OCC(=O)Nc3cccc(C)c3C)cc2)c(C)c1. The highest BCUT2D eigenvalue weighted by atomic mass is 16.5. The molecule has 0 heterocycles. The van der Waals surface area contributed by atoms with Gasteiger partial charge in [-0.1, -0.05) is 42.0 Å². The number of benzene rings is 3. The van der Waals surface area contributed by atoms with E-state index in [9.17, 15) is 14.9 Å². The number of rotatable bonds is 7. The van der Waals surface area contributed by atoms with Gasteiger partial charge in [-0.2, -0.15) is 5.26 Å². The van der Waals surface area contributed by atoms with Crippen molar-refractivity contribution in [3.05, 3.63) is 94.1 Å². The van der Waals surface area contributed by atoms with Crippen LogP contribution in [0.3, 0.4) is 0 Å². The molecule has 0 spiro atoms. The molecule has 0 atom stereocenters. The molecule has 3 rings (SSSR count). The zero-order chi connectivity index (χ0) is 24.7. The fourth-order valence-electron chi connectivity index (χ4n) is 3.34. The second kappa shape index (κ2) is 11.0. The molecule has 0 bridgehead atoms. The molecule has 6 nitrogen and oxygen atoms in total. The van der Waals surface area contributed by atoms with Crippen LogP contribution in [-0.4, -0.2) is 18.4 Å². The molecule has 6 heteroatoms. The van der Waals surface area contributed by atoms with Gasteiger partial charge in [-0.05, 0) is 80.3 Å². The first-order valence-electron chi connectivity index (χ1n) is 10.9. The third-order valence-electron chi connectivity index (χ3n) is 5.43. The van der Waals surface area contributed by atoms with Crippen LogP contribution in [0.2, 0.25) is 0 Å². The van der Waals surface area contributed by atoms with E-state index in [0.29, 0.717) is 17.0 Å². The average Bonchev–Trinajstić information content (AvgIpc) is 2.81. The lowest BCUT2D eigenvalue weighted by Crippen LogP contribution is -2.20. The lowest BCUT2D eigenvalue weighted by molar-refractivity contribution is -0.118. The van der Waals surface area contributed by atoms with E-state index in [-0.39, 0.29) is 18.1 Å². The van der Waals surface area contributed by atoms with Gasteiger partial charge in [0.15, 0.2) is 6.61 Å². The number of nitriles is 1. The molecule has 0 saturated heterocycles. The Kier molecular flexibility index (Phi) is 7.83. The molecule has 3 aromatic carbocycles. The molecular weight excluding hydrogens is 426 g/mol. The maximum Gasteiger partial charge on any atom is 0.266 e. The molecule has 2 N–H and O–H groups in total. The predicted molar refractivity (Wildman–Crippen MR) is 135 cm³/mol. The molecule has 0 fully saturated rings. The van der Waals surface area contributed by atoms with Crippen LogP contribution in [0.5, 0.6) is 5.75 Å². The summed E-state index contributed by atoms with van der Waals surface area (Å²) in [6.45, 7) is 7.69. The molecule has 0 aliphatic rings. The Morgan fingerprint density at radius 3 is 2.32 bits per heavy atom. The fraction of sp³-hybridized carbons (Fsp3) is 0.179. The van der Waals surface area contributed by atoms with Crippen LogP contribution in [-0.2, 0) is 9.59 Å². The van der Waals surface area contributed by atoms with Gasteiger partial charge in [0.1, 0.15) is 17.4 Å². The summed E-state index contributed by atoms with van der Waals surface area (Å²) in [7, 11) is 0. The van der Waals surface area contributed by atoms with Gasteiger partial charge in [0.05, 0.1) is 0 Å². The lowest BCUT2D eigenvalue weighted by Gasteiger charge is -2.11. The van der Waals surface area contributed by atoms with Crippen LogP contribution in [0.15, 0.2) is 66.2 Å². The zero-order valence-corrected chi connectivity index (χ0v) is 19.7. The number of aryl methyl sites for hydroxylation is 3. The maximum atomic E-state index is 12.6. The average molecular weight is 454 g/mol. The summed E-state index contributed by atoms with van der Waals surface area (Å²) in [5.41, 5.74) is 6.21. The normalized spacial score (nSPS) is 10.9.